The van der Waals surface area contributed by atoms with Crippen LogP contribution >= 0.6 is 11.8 Å². The van der Waals surface area contributed by atoms with Gasteiger partial charge in [-0.15, -0.1) is 0 Å². The molecule has 1 aromatic rings. The summed E-state index contributed by atoms with van der Waals surface area (Å²) in [6.07, 6.45) is 2.18. The summed E-state index contributed by atoms with van der Waals surface area (Å²) in [5.41, 5.74) is 2.50. The van der Waals surface area contributed by atoms with Crippen LogP contribution in [0.4, 0.5) is 13.2 Å². The third kappa shape index (κ3) is 5.73. The second kappa shape index (κ2) is 7.90. The number of alkyl halides is 3. The van der Waals surface area contributed by atoms with Gasteiger partial charge in [-0.3, -0.25) is 4.90 Å². The molecule has 0 radical (unpaired) electrons. The minimum Gasteiger partial charge on any atom is -0.329 e. The predicted octanol–water partition coefficient (Wildman–Crippen LogP) is 4.03. The fourth-order valence-electron chi connectivity index (χ4n) is 2.03. The number of benzene rings is 1. The lowest BCUT2D eigenvalue weighted by Gasteiger charge is -2.27. The summed E-state index contributed by atoms with van der Waals surface area (Å²) in [5, 5.41) is 0. The van der Waals surface area contributed by atoms with Crippen LogP contribution in [0.3, 0.4) is 0 Å². The molecule has 1 unspecified atom stereocenters. The summed E-state index contributed by atoms with van der Waals surface area (Å²) in [6.45, 7) is 3.50. The first-order chi connectivity index (χ1) is 9.37. The maximum atomic E-state index is 12.3. The first-order valence-corrected chi connectivity index (χ1v) is 7.45. The topological polar surface area (TPSA) is 29.3 Å². The van der Waals surface area contributed by atoms with Crippen molar-refractivity contribution in [2.45, 2.75) is 36.2 Å². The molecule has 0 heterocycles. The number of likely N-dealkylation sites (N-methyl/N-ethyl adjacent to an activating group) is 1. The maximum absolute atomic E-state index is 12.3. The standard InChI is InChI=1S/C14H21F3N2S/c1-3-4-9-19(2)13(10-18)11-5-7-12(8-6-11)20-14(15,16)17/h5-8,13H,3-4,9-10,18H2,1-2H3. The number of thioether (sulfide) groups is 1. The molecule has 0 saturated carbocycles. The minimum absolute atomic E-state index is 0.0477. The average molecular weight is 306 g/mol. The average Bonchev–Trinajstić information content (AvgIpc) is 2.37. The van der Waals surface area contributed by atoms with Crippen molar-refractivity contribution in [1.82, 2.24) is 4.90 Å². The highest BCUT2D eigenvalue weighted by atomic mass is 32.2. The zero-order valence-corrected chi connectivity index (χ0v) is 12.6. The van der Waals surface area contributed by atoms with Gasteiger partial charge in [-0.1, -0.05) is 25.5 Å². The number of halogens is 3. The van der Waals surface area contributed by atoms with E-state index in [1.54, 1.807) is 12.1 Å². The van der Waals surface area contributed by atoms with Gasteiger partial charge in [0.25, 0.3) is 0 Å². The Morgan fingerprint density at radius 2 is 1.85 bits per heavy atom. The largest absolute Gasteiger partial charge is 0.446 e. The molecular formula is C14H21F3N2S. The normalized spacial score (nSPS) is 13.8. The monoisotopic (exact) mass is 306 g/mol. The van der Waals surface area contributed by atoms with E-state index in [0.29, 0.717) is 6.54 Å². The van der Waals surface area contributed by atoms with Gasteiger partial charge in [0.15, 0.2) is 0 Å². The molecule has 0 fully saturated rings. The van der Waals surface area contributed by atoms with Gasteiger partial charge in [-0.2, -0.15) is 13.2 Å². The van der Waals surface area contributed by atoms with E-state index in [2.05, 4.69) is 11.8 Å². The van der Waals surface area contributed by atoms with Crippen molar-refractivity contribution in [3.8, 4) is 0 Å². The second-order valence-electron chi connectivity index (χ2n) is 4.70. The fraction of sp³-hybridized carbons (Fsp3) is 0.571. The Labute approximate surface area is 122 Å². The molecule has 2 nitrogen and oxygen atoms in total. The van der Waals surface area contributed by atoms with E-state index in [-0.39, 0.29) is 22.7 Å². The summed E-state index contributed by atoms with van der Waals surface area (Å²) in [6, 6.07) is 6.52. The summed E-state index contributed by atoms with van der Waals surface area (Å²) in [4.78, 5) is 2.35. The Balaban J connectivity index is 2.74. The molecular weight excluding hydrogens is 285 g/mol. The number of unbranched alkanes of at least 4 members (excludes halogenated alkanes) is 1. The lowest BCUT2D eigenvalue weighted by Crippen LogP contribution is -2.31. The second-order valence-corrected chi connectivity index (χ2v) is 5.84. The molecule has 0 aromatic heterocycles. The summed E-state index contributed by atoms with van der Waals surface area (Å²) in [5.74, 6) is 0. The Kier molecular flexibility index (Phi) is 6.85. The third-order valence-electron chi connectivity index (χ3n) is 3.12. The van der Waals surface area contributed by atoms with Crippen LogP contribution in [0.25, 0.3) is 0 Å². The highest BCUT2D eigenvalue weighted by Crippen LogP contribution is 2.37. The van der Waals surface area contributed by atoms with Crippen molar-refractivity contribution < 1.29 is 13.2 Å². The van der Waals surface area contributed by atoms with Crippen LogP contribution in [-0.2, 0) is 0 Å². The van der Waals surface area contributed by atoms with Crippen LogP contribution in [0.2, 0.25) is 0 Å². The zero-order valence-electron chi connectivity index (χ0n) is 11.8. The SMILES string of the molecule is CCCCN(C)C(CN)c1ccc(SC(F)(F)F)cc1. The molecule has 0 bridgehead atoms. The van der Waals surface area contributed by atoms with E-state index in [9.17, 15) is 13.2 Å². The summed E-state index contributed by atoms with van der Waals surface area (Å²) < 4.78 is 36.8. The molecule has 114 valence electrons. The Hall–Kier alpha value is -0.720. The predicted molar refractivity (Wildman–Crippen MR) is 77.7 cm³/mol. The zero-order chi connectivity index (χ0) is 15.2. The third-order valence-corrected chi connectivity index (χ3v) is 3.86. The number of nitrogens with two attached hydrogens (primary N) is 1. The van der Waals surface area contributed by atoms with Gasteiger partial charge >= 0.3 is 5.51 Å². The van der Waals surface area contributed by atoms with Gasteiger partial charge in [0.2, 0.25) is 0 Å². The van der Waals surface area contributed by atoms with Gasteiger partial charge in [-0.25, -0.2) is 0 Å². The van der Waals surface area contributed by atoms with Crippen LogP contribution in [0.15, 0.2) is 29.2 Å². The number of hydrogen-bond donors (Lipinski definition) is 1. The molecule has 1 atom stereocenters. The van der Waals surface area contributed by atoms with Crippen LogP contribution in [0.1, 0.15) is 31.4 Å². The number of nitrogens with zero attached hydrogens (tertiary/aromatic N) is 1. The molecule has 1 rings (SSSR count). The smallest absolute Gasteiger partial charge is 0.329 e. The molecule has 0 amide bonds. The molecule has 0 aliphatic rings. The molecule has 0 aliphatic heterocycles. The van der Waals surface area contributed by atoms with Gasteiger partial charge in [0.1, 0.15) is 0 Å². The summed E-state index contributed by atoms with van der Waals surface area (Å²) >= 11 is -0.0938. The number of hydrogen-bond acceptors (Lipinski definition) is 3. The molecule has 0 aliphatic carbocycles. The fourth-order valence-corrected chi connectivity index (χ4v) is 2.56. The highest BCUT2D eigenvalue weighted by molar-refractivity contribution is 8.00. The van der Waals surface area contributed by atoms with Gasteiger partial charge < -0.3 is 5.73 Å². The van der Waals surface area contributed by atoms with Gasteiger partial charge in [-0.05, 0) is 49.5 Å². The van der Waals surface area contributed by atoms with Gasteiger partial charge in [0, 0.05) is 17.5 Å². The first kappa shape index (κ1) is 17.3. The molecule has 0 spiro atoms. The molecule has 6 heteroatoms. The molecule has 2 N–H and O–H groups in total. The van der Waals surface area contributed by atoms with Crippen molar-refractivity contribution in [2.24, 2.45) is 5.73 Å². The summed E-state index contributed by atoms with van der Waals surface area (Å²) in [7, 11) is 1.99. The van der Waals surface area contributed by atoms with E-state index in [0.717, 1.165) is 24.9 Å². The Morgan fingerprint density at radius 1 is 1.25 bits per heavy atom. The van der Waals surface area contributed by atoms with E-state index < -0.39 is 5.51 Å². The minimum atomic E-state index is -4.24. The molecule has 1 aromatic carbocycles. The Morgan fingerprint density at radius 3 is 2.30 bits per heavy atom. The van der Waals surface area contributed by atoms with Crippen LogP contribution in [0.5, 0.6) is 0 Å². The van der Waals surface area contributed by atoms with E-state index in [1.807, 2.05) is 7.05 Å². The highest BCUT2D eigenvalue weighted by Gasteiger charge is 2.29. The van der Waals surface area contributed by atoms with Crippen LogP contribution in [-0.4, -0.2) is 30.5 Å². The lowest BCUT2D eigenvalue weighted by atomic mass is 10.1. The molecule has 20 heavy (non-hydrogen) atoms. The lowest BCUT2D eigenvalue weighted by molar-refractivity contribution is -0.0328. The van der Waals surface area contributed by atoms with E-state index in [1.165, 1.54) is 12.1 Å². The quantitative estimate of drug-likeness (QED) is 0.771. The van der Waals surface area contributed by atoms with Gasteiger partial charge in [0.05, 0.1) is 0 Å². The van der Waals surface area contributed by atoms with Crippen molar-refractivity contribution in [2.75, 3.05) is 20.1 Å². The Bertz CT molecular complexity index is 392. The van der Waals surface area contributed by atoms with E-state index >= 15 is 0 Å². The van der Waals surface area contributed by atoms with Crippen molar-refractivity contribution in [3.05, 3.63) is 29.8 Å². The molecule has 0 saturated heterocycles. The van der Waals surface area contributed by atoms with Crippen LogP contribution < -0.4 is 5.73 Å². The van der Waals surface area contributed by atoms with Crippen molar-refractivity contribution in [3.63, 3.8) is 0 Å². The number of rotatable bonds is 7. The van der Waals surface area contributed by atoms with Crippen LogP contribution in [0, 0.1) is 0 Å². The maximum Gasteiger partial charge on any atom is 0.446 e. The van der Waals surface area contributed by atoms with Crippen molar-refractivity contribution >= 4 is 11.8 Å². The van der Waals surface area contributed by atoms with E-state index in [4.69, 9.17) is 5.73 Å². The first-order valence-electron chi connectivity index (χ1n) is 6.63. The van der Waals surface area contributed by atoms with Crippen molar-refractivity contribution in [1.29, 1.82) is 0 Å².